The lowest BCUT2D eigenvalue weighted by Gasteiger charge is -2.35. The van der Waals surface area contributed by atoms with Gasteiger partial charge in [0.2, 0.25) is 0 Å². The first-order valence-corrected chi connectivity index (χ1v) is 5.86. The highest BCUT2D eigenvalue weighted by Crippen LogP contribution is 2.41. The lowest BCUT2D eigenvalue weighted by Crippen LogP contribution is -2.49. The summed E-state index contributed by atoms with van der Waals surface area (Å²) in [5.74, 6) is -1.96. The number of halogens is 1. The number of alkyl halides is 1. The lowest BCUT2D eigenvalue weighted by molar-refractivity contribution is -0.176. The summed E-state index contributed by atoms with van der Waals surface area (Å²) in [6, 6.07) is 0. The first kappa shape index (κ1) is 13.9. The molecular weight excluding hydrogens is 227 g/mol. The van der Waals surface area contributed by atoms with Crippen molar-refractivity contribution in [2.45, 2.75) is 32.1 Å². The van der Waals surface area contributed by atoms with Crippen molar-refractivity contribution in [3.8, 4) is 0 Å². The minimum absolute atomic E-state index is 0.318. The second-order valence-electron chi connectivity index (χ2n) is 4.42. The van der Waals surface area contributed by atoms with E-state index in [1.165, 1.54) is 14.2 Å². The Morgan fingerprint density at radius 2 is 1.59 bits per heavy atom. The predicted molar refractivity (Wildman–Crippen MR) is 59.0 cm³/mol. The molecule has 0 aromatic carbocycles. The van der Waals surface area contributed by atoms with Crippen LogP contribution >= 0.6 is 0 Å². The number of rotatable bonds is 4. The van der Waals surface area contributed by atoms with Gasteiger partial charge in [-0.25, -0.2) is 4.39 Å². The topological polar surface area (TPSA) is 52.6 Å². The molecule has 0 aromatic heterocycles. The summed E-state index contributed by atoms with van der Waals surface area (Å²) in [7, 11) is 2.33. The zero-order chi connectivity index (χ0) is 12.9. The summed E-state index contributed by atoms with van der Waals surface area (Å²) in [5, 5.41) is 0. The van der Waals surface area contributed by atoms with Crippen LogP contribution in [0.3, 0.4) is 0 Å². The standard InChI is InChI=1S/C12H19FO4/c1-16-10(14)12(8-13,11(15)17-2)9-6-4-3-5-7-9/h9H,3-8H2,1-2H3. The minimum atomic E-state index is -1.76. The molecule has 1 saturated carbocycles. The molecule has 0 aliphatic heterocycles. The van der Waals surface area contributed by atoms with E-state index in [-0.39, 0.29) is 5.92 Å². The Hall–Kier alpha value is -1.13. The molecule has 0 radical (unpaired) electrons. The Bertz CT molecular complexity index is 268. The van der Waals surface area contributed by atoms with Gasteiger partial charge in [0, 0.05) is 0 Å². The summed E-state index contributed by atoms with van der Waals surface area (Å²) in [6.07, 6.45) is 4.18. The van der Waals surface area contributed by atoms with E-state index in [1.807, 2.05) is 0 Å². The normalized spacial score (nSPS) is 17.6. The monoisotopic (exact) mass is 246 g/mol. The van der Waals surface area contributed by atoms with Gasteiger partial charge in [0.05, 0.1) is 14.2 Å². The molecule has 5 heteroatoms. The van der Waals surface area contributed by atoms with Crippen molar-refractivity contribution in [3.63, 3.8) is 0 Å². The van der Waals surface area contributed by atoms with E-state index in [2.05, 4.69) is 9.47 Å². The zero-order valence-electron chi connectivity index (χ0n) is 10.3. The maximum Gasteiger partial charge on any atom is 0.326 e. The zero-order valence-corrected chi connectivity index (χ0v) is 10.3. The first-order chi connectivity index (χ1) is 8.13. The van der Waals surface area contributed by atoms with Gasteiger partial charge < -0.3 is 9.47 Å². The average Bonchev–Trinajstić information content (AvgIpc) is 2.40. The molecule has 17 heavy (non-hydrogen) atoms. The van der Waals surface area contributed by atoms with Crippen LogP contribution in [0, 0.1) is 11.3 Å². The highest BCUT2D eigenvalue weighted by atomic mass is 19.1. The molecule has 0 unspecified atom stereocenters. The molecule has 1 aliphatic carbocycles. The van der Waals surface area contributed by atoms with Gasteiger partial charge in [0.15, 0.2) is 5.41 Å². The molecule has 1 fully saturated rings. The van der Waals surface area contributed by atoms with E-state index in [1.54, 1.807) is 0 Å². The smallest absolute Gasteiger partial charge is 0.326 e. The summed E-state index contributed by atoms with van der Waals surface area (Å²) >= 11 is 0. The fourth-order valence-corrected chi connectivity index (χ4v) is 2.59. The van der Waals surface area contributed by atoms with Gasteiger partial charge in [-0.1, -0.05) is 19.3 Å². The van der Waals surface area contributed by atoms with Crippen LogP contribution in [0.2, 0.25) is 0 Å². The van der Waals surface area contributed by atoms with Gasteiger partial charge in [-0.15, -0.1) is 0 Å². The molecule has 0 spiro atoms. The number of carbonyl (C=O) groups excluding carboxylic acids is 2. The second kappa shape index (κ2) is 5.98. The van der Waals surface area contributed by atoms with Crippen molar-refractivity contribution < 1.29 is 23.5 Å². The third-order valence-corrected chi connectivity index (χ3v) is 3.61. The van der Waals surface area contributed by atoms with Crippen LogP contribution in [0.5, 0.6) is 0 Å². The third-order valence-electron chi connectivity index (χ3n) is 3.61. The van der Waals surface area contributed by atoms with Gasteiger partial charge in [0.1, 0.15) is 6.67 Å². The van der Waals surface area contributed by atoms with Crippen LogP contribution in [0.25, 0.3) is 0 Å². The molecule has 1 aliphatic rings. The minimum Gasteiger partial charge on any atom is -0.468 e. The van der Waals surface area contributed by atoms with Crippen LogP contribution in [-0.2, 0) is 19.1 Å². The largest absolute Gasteiger partial charge is 0.468 e. The predicted octanol–water partition coefficient (Wildman–Crippen LogP) is 1.87. The molecule has 0 bridgehead atoms. The first-order valence-electron chi connectivity index (χ1n) is 5.86. The summed E-state index contributed by atoms with van der Waals surface area (Å²) in [6.45, 7) is -1.06. The fourth-order valence-electron chi connectivity index (χ4n) is 2.59. The molecule has 1 rings (SSSR count). The van der Waals surface area contributed by atoms with Gasteiger partial charge >= 0.3 is 11.9 Å². The fraction of sp³-hybridized carbons (Fsp3) is 0.833. The van der Waals surface area contributed by atoms with E-state index in [9.17, 15) is 14.0 Å². The van der Waals surface area contributed by atoms with Crippen molar-refractivity contribution in [1.29, 1.82) is 0 Å². The Morgan fingerprint density at radius 1 is 1.12 bits per heavy atom. The Kier molecular flexibility index (Phi) is 4.90. The third kappa shape index (κ3) is 2.42. The SMILES string of the molecule is COC(=O)C(CF)(C(=O)OC)C1CCCCC1. The van der Waals surface area contributed by atoms with E-state index in [0.29, 0.717) is 12.8 Å². The van der Waals surface area contributed by atoms with Crippen LogP contribution in [-0.4, -0.2) is 32.8 Å². The Labute approximate surface area is 100 Å². The molecule has 0 atom stereocenters. The highest BCUT2D eigenvalue weighted by Gasteiger charge is 2.54. The molecule has 0 heterocycles. The van der Waals surface area contributed by atoms with Crippen molar-refractivity contribution in [1.82, 2.24) is 0 Å². The van der Waals surface area contributed by atoms with Gasteiger partial charge in [0.25, 0.3) is 0 Å². The molecule has 0 saturated heterocycles. The van der Waals surface area contributed by atoms with Gasteiger partial charge in [-0.3, -0.25) is 9.59 Å². The van der Waals surface area contributed by atoms with E-state index < -0.39 is 24.0 Å². The number of hydrogen-bond donors (Lipinski definition) is 0. The molecule has 4 nitrogen and oxygen atoms in total. The maximum absolute atomic E-state index is 13.4. The van der Waals surface area contributed by atoms with Crippen LogP contribution in [0.15, 0.2) is 0 Å². The van der Waals surface area contributed by atoms with Crippen molar-refractivity contribution >= 4 is 11.9 Å². The van der Waals surface area contributed by atoms with Crippen molar-refractivity contribution in [2.24, 2.45) is 11.3 Å². The van der Waals surface area contributed by atoms with Crippen LogP contribution in [0.4, 0.5) is 4.39 Å². The second-order valence-corrected chi connectivity index (χ2v) is 4.42. The highest BCUT2D eigenvalue weighted by molar-refractivity contribution is 6.00. The quantitative estimate of drug-likeness (QED) is 0.561. The van der Waals surface area contributed by atoms with Crippen molar-refractivity contribution in [2.75, 3.05) is 20.9 Å². The molecule has 98 valence electrons. The molecular formula is C12H19FO4. The maximum atomic E-state index is 13.4. The van der Waals surface area contributed by atoms with Gasteiger partial charge in [-0.2, -0.15) is 0 Å². The summed E-state index contributed by atoms with van der Waals surface area (Å²) < 4.78 is 22.6. The average molecular weight is 246 g/mol. The number of hydrogen-bond acceptors (Lipinski definition) is 4. The summed E-state index contributed by atoms with van der Waals surface area (Å²) in [4.78, 5) is 23.6. The van der Waals surface area contributed by atoms with Gasteiger partial charge in [-0.05, 0) is 18.8 Å². The van der Waals surface area contributed by atoms with E-state index >= 15 is 0 Å². The summed E-state index contributed by atoms with van der Waals surface area (Å²) in [5.41, 5.74) is -1.76. The Balaban J connectivity index is 3.04. The molecule has 0 aromatic rings. The van der Waals surface area contributed by atoms with E-state index in [0.717, 1.165) is 19.3 Å². The lowest BCUT2D eigenvalue weighted by atomic mass is 9.69. The number of esters is 2. The Morgan fingerprint density at radius 3 is 1.94 bits per heavy atom. The number of ether oxygens (including phenoxy) is 2. The van der Waals surface area contributed by atoms with Crippen LogP contribution in [0.1, 0.15) is 32.1 Å². The van der Waals surface area contributed by atoms with E-state index in [4.69, 9.17) is 0 Å². The molecule has 0 N–H and O–H groups in total. The molecule has 0 amide bonds. The van der Waals surface area contributed by atoms with Crippen LogP contribution < -0.4 is 0 Å². The number of methoxy groups -OCH3 is 2. The number of carbonyl (C=O) groups is 2. The van der Waals surface area contributed by atoms with Crippen molar-refractivity contribution in [3.05, 3.63) is 0 Å².